The SMILES string of the molecule is CCN(Cc1ccc(N(C)C)cc1)C(=O)Cn1cnc2scc(-c3cccs3)c2c1=O. The minimum absolute atomic E-state index is 0.0227. The number of rotatable bonds is 7. The predicted molar refractivity (Wildman–Crippen MR) is 129 cm³/mol. The number of carbonyl (C=O) groups is 1. The Hall–Kier alpha value is -2.97. The van der Waals surface area contributed by atoms with Crippen molar-refractivity contribution in [3.8, 4) is 10.4 Å². The summed E-state index contributed by atoms with van der Waals surface area (Å²) in [5.74, 6) is -0.102. The highest BCUT2D eigenvalue weighted by Gasteiger charge is 2.18. The van der Waals surface area contributed by atoms with Crippen molar-refractivity contribution in [2.45, 2.75) is 20.0 Å². The Morgan fingerprint density at radius 1 is 1.13 bits per heavy atom. The Balaban J connectivity index is 1.56. The van der Waals surface area contributed by atoms with Crippen LogP contribution in [0.5, 0.6) is 0 Å². The number of anilines is 1. The number of likely N-dealkylation sites (N-methyl/N-ethyl adjacent to an activating group) is 1. The third-order valence-corrected chi connectivity index (χ3v) is 7.00. The lowest BCUT2D eigenvalue weighted by Crippen LogP contribution is -2.36. The Labute approximate surface area is 189 Å². The first-order valence-corrected chi connectivity index (χ1v) is 11.8. The van der Waals surface area contributed by atoms with Gasteiger partial charge in [0.2, 0.25) is 5.91 Å². The number of fused-ring (bicyclic) bond motifs is 1. The largest absolute Gasteiger partial charge is 0.378 e. The van der Waals surface area contributed by atoms with Gasteiger partial charge in [-0.05, 0) is 36.1 Å². The molecule has 31 heavy (non-hydrogen) atoms. The summed E-state index contributed by atoms with van der Waals surface area (Å²) < 4.78 is 1.42. The lowest BCUT2D eigenvalue weighted by Gasteiger charge is -2.22. The summed E-state index contributed by atoms with van der Waals surface area (Å²) >= 11 is 3.04. The molecule has 0 bridgehead atoms. The number of carbonyl (C=O) groups excluding carboxylic acids is 1. The molecule has 1 amide bonds. The summed E-state index contributed by atoms with van der Waals surface area (Å²) in [5, 5.41) is 4.54. The van der Waals surface area contributed by atoms with Crippen LogP contribution in [0.1, 0.15) is 12.5 Å². The van der Waals surface area contributed by atoms with Gasteiger partial charge >= 0.3 is 0 Å². The number of hydrogen-bond acceptors (Lipinski definition) is 6. The highest BCUT2D eigenvalue weighted by Crippen LogP contribution is 2.33. The fourth-order valence-electron chi connectivity index (χ4n) is 3.44. The summed E-state index contributed by atoms with van der Waals surface area (Å²) in [5.41, 5.74) is 2.89. The van der Waals surface area contributed by atoms with E-state index < -0.39 is 0 Å². The second-order valence-corrected chi connectivity index (χ2v) is 9.26. The van der Waals surface area contributed by atoms with Crippen molar-refractivity contribution in [1.29, 1.82) is 0 Å². The predicted octanol–water partition coefficient (Wildman–Crippen LogP) is 4.30. The number of hydrogen-bond donors (Lipinski definition) is 0. The van der Waals surface area contributed by atoms with Gasteiger partial charge in [0.25, 0.3) is 5.56 Å². The fourth-order valence-corrected chi connectivity index (χ4v) is 5.16. The van der Waals surface area contributed by atoms with Crippen molar-refractivity contribution in [3.63, 3.8) is 0 Å². The highest BCUT2D eigenvalue weighted by atomic mass is 32.1. The first kappa shape index (κ1) is 21.3. The van der Waals surface area contributed by atoms with Crippen LogP contribution in [0.2, 0.25) is 0 Å². The Morgan fingerprint density at radius 3 is 2.55 bits per heavy atom. The molecule has 0 spiro atoms. The zero-order chi connectivity index (χ0) is 22.0. The van der Waals surface area contributed by atoms with Crippen LogP contribution in [0, 0.1) is 0 Å². The van der Waals surface area contributed by atoms with Gasteiger partial charge in [-0.1, -0.05) is 18.2 Å². The maximum absolute atomic E-state index is 13.2. The number of benzene rings is 1. The van der Waals surface area contributed by atoms with Crippen molar-refractivity contribution in [2.75, 3.05) is 25.5 Å². The van der Waals surface area contributed by atoms with E-state index in [1.54, 1.807) is 16.2 Å². The van der Waals surface area contributed by atoms with Gasteiger partial charge in [-0.15, -0.1) is 22.7 Å². The van der Waals surface area contributed by atoms with Gasteiger partial charge in [-0.3, -0.25) is 14.2 Å². The summed E-state index contributed by atoms with van der Waals surface area (Å²) in [6.07, 6.45) is 1.48. The van der Waals surface area contributed by atoms with Crippen LogP contribution in [0.3, 0.4) is 0 Å². The summed E-state index contributed by atoms with van der Waals surface area (Å²) in [6, 6.07) is 12.1. The van der Waals surface area contributed by atoms with Crippen LogP contribution in [-0.2, 0) is 17.9 Å². The number of thiophene rings is 2. The van der Waals surface area contributed by atoms with Crippen LogP contribution in [0.4, 0.5) is 5.69 Å². The Kier molecular flexibility index (Phi) is 6.20. The summed E-state index contributed by atoms with van der Waals surface area (Å²) in [7, 11) is 3.99. The Morgan fingerprint density at radius 2 is 1.90 bits per heavy atom. The van der Waals surface area contributed by atoms with Gasteiger partial charge in [0.15, 0.2) is 0 Å². The number of nitrogens with zero attached hydrogens (tertiary/aromatic N) is 4. The molecule has 0 unspecified atom stereocenters. The zero-order valence-electron chi connectivity index (χ0n) is 17.7. The molecule has 0 saturated carbocycles. The second kappa shape index (κ2) is 9.03. The maximum atomic E-state index is 13.2. The molecule has 4 aromatic rings. The molecule has 0 aliphatic heterocycles. The molecule has 3 aromatic heterocycles. The average molecular weight is 453 g/mol. The molecule has 0 aliphatic rings. The fraction of sp³-hybridized carbons (Fsp3) is 0.261. The lowest BCUT2D eigenvalue weighted by atomic mass is 10.2. The molecule has 3 heterocycles. The van der Waals surface area contributed by atoms with Crippen molar-refractivity contribution >= 4 is 44.5 Å². The standard InChI is InChI=1S/C23H24N4O2S2/c1-4-26(12-16-7-9-17(10-8-16)25(2)3)20(28)13-27-15-24-22-21(23(27)29)18(14-31-22)19-6-5-11-30-19/h5-11,14-15H,4,12-13H2,1-3H3. The third-order valence-electron chi connectivity index (χ3n) is 5.21. The van der Waals surface area contributed by atoms with Gasteiger partial charge < -0.3 is 9.80 Å². The lowest BCUT2D eigenvalue weighted by molar-refractivity contribution is -0.132. The van der Waals surface area contributed by atoms with Crippen LogP contribution < -0.4 is 10.5 Å². The molecule has 8 heteroatoms. The maximum Gasteiger partial charge on any atom is 0.263 e. The van der Waals surface area contributed by atoms with Gasteiger partial charge in [0.05, 0.1) is 11.7 Å². The van der Waals surface area contributed by atoms with E-state index in [1.807, 2.05) is 73.1 Å². The molecule has 0 fully saturated rings. The minimum atomic E-state index is -0.172. The molecule has 1 aromatic carbocycles. The van der Waals surface area contributed by atoms with E-state index in [-0.39, 0.29) is 18.0 Å². The quantitative estimate of drug-likeness (QED) is 0.419. The normalized spacial score (nSPS) is 11.1. The molecular weight excluding hydrogens is 428 g/mol. The van der Waals surface area contributed by atoms with Crippen LogP contribution in [0.15, 0.2) is 58.3 Å². The van der Waals surface area contributed by atoms with E-state index in [2.05, 4.69) is 4.98 Å². The zero-order valence-corrected chi connectivity index (χ0v) is 19.4. The van der Waals surface area contributed by atoms with Crippen LogP contribution in [-0.4, -0.2) is 41.0 Å². The minimum Gasteiger partial charge on any atom is -0.378 e. The van der Waals surface area contributed by atoms with Crippen LogP contribution >= 0.6 is 22.7 Å². The monoisotopic (exact) mass is 452 g/mol. The van der Waals surface area contributed by atoms with E-state index in [0.29, 0.717) is 23.3 Å². The first-order valence-electron chi connectivity index (χ1n) is 10.0. The van der Waals surface area contributed by atoms with Crippen molar-refractivity contribution in [1.82, 2.24) is 14.5 Å². The van der Waals surface area contributed by atoms with Gasteiger partial charge in [-0.25, -0.2) is 4.98 Å². The topological polar surface area (TPSA) is 58.4 Å². The Bertz CT molecular complexity index is 1240. The first-order chi connectivity index (χ1) is 15.0. The molecule has 0 N–H and O–H groups in total. The molecule has 160 valence electrons. The van der Waals surface area contributed by atoms with E-state index in [1.165, 1.54) is 22.2 Å². The van der Waals surface area contributed by atoms with E-state index >= 15 is 0 Å². The van der Waals surface area contributed by atoms with Crippen molar-refractivity contribution in [2.24, 2.45) is 0 Å². The van der Waals surface area contributed by atoms with Crippen molar-refractivity contribution in [3.05, 3.63) is 69.4 Å². The average Bonchev–Trinajstić information content (AvgIpc) is 3.44. The third kappa shape index (κ3) is 4.40. The molecule has 0 atom stereocenters. The van der Waals surface area contributed by atoms with Gasteiger partial charge in [0.1, 0.15) is 11.4 Å². The molecule has 4 rings (SSSR count). The summed E-state index contributed by atoms with van der Waals surface area (Å²) in [6.45, 7) is 3.00. The second-order valence-electron chi connectivity index (χ2n) is 7.45. The van der Waals surface area contributed by atoms with Gasteiger partial charge in [-0.2, -0.15) is 0 Å². The van der Waals surface area contributed by atoms with E-state index in [4.69, 9.17) is 0 Å². The summed E-state index contributed by atoms with van der Waals surface area (Å²) in [4.78, 5) is 36.1. The highest BCUT2D eigenvalue weighted by molar-refractivity contribution is 7.18. The smallest absolute Gasteiger partial charge is 0.263 e. The molecule has 0 aliphatic carbocycles. The van der Waals surface area contributed by atoms with E-state index in [9.17, 15) is 9.59 Å². The molecule has 0 radical (unpaired) electrons. The van der Waals surface area contributed by atoms with Crippen molar-refractivity contribution < 1.29 is 4.79 Å². The number of amides is 1. The number of aromatic nitrogens is 2. The molecule has 0 saturated heterocycles. The molecular formula is C23H24N4O2S2. The van der Waals surface area contributed by atoms with E-state index in [0.717, 1.165) is 21.7 Å². The molecule has 6 nitrogen and oxygen atoms in total. The van der Waals surface area contributed by atoms with Crippen LogP contribution in [0.25, 0.3) is 20.7 Å². The van der Waals surface area contributed by atoms with Gasteiger partial charge in [0, 0.05) is 48.7 Å².